The van der Waals surface area contributed by atoms with Crippen molar-refractivity contribution in [2.75, 3.05) is 7.11 Å². The van der Waals surface area contributed by atoms with Gasteiger partial charge in [-0.25, -0.2) is 4.98 Å². The molecule has 0 aliphatic carbocycles. The second-order valence-corrected chi connectivity index (χ2v) is 5.69. The Morgan fingerprint density at radius 3 is 2.48 bits per heavy atom. The van der Waals surface area contributed by atoms with Crippen molar-refractivity contribution in [2.24, 2.45) is 0 Å². The van der Waals surface area contributed by atoms with Gasteiger partial charge in [0.25, 0.3) is 0 Å². The summed E-state index contributed by atoms with van der Waals surface area (Å²) in [5.41, 5.74) is 4.37. The maximum atomic E-state index is 5.82. The lowest BCUT2D eigenvalue weighted by Crippen LogP contribution is -2.03. The lowest BCUT2D eigenvalue weighted by Gasteiger charge is -2.12. The standard InChI is InChI=1S/C17H20BrNO2/c1-4-13-9-15(17(20-3)19-12(13)2)11-21-10-14-7-5-6-8-16(14)18/h5-9H,4,10-11H2,1-3H3. The van der Waals surface area contributed by atoms with Gasteiger partial charge in [0.2, 0.25) is 5.88 Å². The number of hydrogen-bond acceptors (Lipinski definition) is 3. The predicted molar refractivity (Wildman–Crippen MR) is 87.5 cm³/mol. The highest BCUT2D eigenvalue weighted by Gasteiger charge is 2.09. The summed E-state index contributed by atoms with van der Waals surface area (Å²) in [5, 5.41) is 0. The zero-order valence-corrected chi connectivity index (χ0v) is 14.2. The normalized spacial score (nSPS) is 10.7. The van der Waals surface area contributed by atoms with E-state index in [9.17, 15) is 0 Å². The fraction of sp³-hybridized carbons (Fsp3) is 0.353. The first-order valence-corrected chi connectivity index (χ1v) is 7.79. The molecule has 2 aromatic rings. The van der Waals surface area contributed by atoms with Gasteiger partial charge in [0.1, 0.15) is 0 Å². The lowest BCUT2D eigenvalue weighted by molar-refractivity contribution is 0.104. The zero-order chi connectivity index (χ0) is 15.2. The number of ether oxygens (including phenoxy) is 2. The SMILES string of the molecule is CCc1cc(COCc2ccccc2Br)c(OC)nc1C. The summed E-state index contributed by atoms with van der Waals surface area (Å²) >= 11 is 3.53. The molecule has 0 bridgehead atoms. The number of hydrogen-bond donors (Lipinski definition) is 0. The van der Waals surface area contributed by atoms with Gasteiger partial charge in [-0.3, -0.25) is 0 Å². The fourth-order valence-electron chi connectivity index (χ4n) is 2.20. The molecule has 0 atom stereocenters. The second-order valence-electron chi connectivity index (χ2n) is 4.84. The van der Waals surface area contributed by atoms with Crippen molar-refractivity contribution in [3.63, 3.8) is 0 Å². The molecule has 0 aliphatic rings. The first-order chi connectivity index (χ1) is 10.2. The van der Waals surface area contributed by atoms with Gasteiger partial charge < -0.3 is 9.47 Å². The molecule has 0 fully saturated rings. The molecular weight excluding hydrogens is 330 g/mol. The zero-order valence-electron chi connectivity index (χ0n) is 12.6. The molecule has 0 amide bonds. The van der Waals surface area contributed by atoms with E-state index in [1.165, 1.54) is 5.56 Å². The molecule has 4 heteroatoms. The minimum absolute atomic E-state index is 0.491. The molecule has 1 heterocycles. The van der Waals surface area contributed by atoms with Crippen LogP contribution >= 0.6 is 15.9 Å². The Kier molecular flexibility index (Phi) is 5.76. The summed E-state index contributed by atoms with van der Waals surface area (Å²) < 4.78 is 12.2. The smallest absolute Gasteiger partial charge is 0.218 e. The first-order valence-electron chi connectivity index (χ1n) is 7.00. The quantitative estimate of drug-likeness (QED) is 0.772. The average molecular weight is 350 g/mol. The van der Waals surface area contributed by atoms with E-state index in [2.05, 4.69) is 33.9 Å². The molecule has 1 aromatic carbocycles. The number of rotatable bonds is 6. The summed E-state index contributed by atoms with van der Waals surface area (Å²) in [5.74, 6) is 0.650. The van der Waals surface area contributed by atoms with Crippen LogP contribution in [0.4, 0.5) is 0 Å². The van der Waals surface area contributed by atoms with Gasteiger partial charge in [0.15, 0.2) is 0 Å². The van der Waals surface area contributed by atoms with Crippen LogP contribution in [0.5, 0.6) is 5.88 Å². The van der Waals surface area contributed by atoms with E-state index in [1.54, 1.807) is 7.11 Å². The molecule has 21 heavy (non-hydrogen) atoms. The average Bonchev–Trinajstić information content (AvgIpc) is 2.50. The highest BCUT2D eigenvalue weighted by Crippen LogP contribution is 2.22. The second kappa shape index (κ2) is 7.57. The number of aryl methyl sites for hydroxylation is 2. The monoisotopic (exact) mass is 349 g/mol. The molecule has 3 nitrogen and oxygen atoms in total. The van der Waals surface area contributed by atoms with Gasteiger partial charge in [-0.2, -0.15) is 0 Å². The van der Waals surface area contributed by atoms with E-state index < -0.39 is 0 Å². The predicted octanol–water partition coefficient (Wildman–Crippen LogP) is 4.44. The Morgan fingerprint density at radius 2 is 1.81 bits per heavy atom. The number of methoxy groups -OCH3 is 1. The summed E-state index contributed by atoms with van der Waals surface area (Å²) in [6.07, 6.45) is 0.958. The third-order valence-corrected chi connectivity index (χ3v) is 4.18. The molecule has 1 aromatic heterocycles. The van der Waals surface area contributed by atoms with Crippen LogP contribution in [0, 0.1) is 6.92 Å². The van der Waals surface area contributed by atoms with E-state index in [4.69, 9.17) is 9.47 Å². The van der Waals surface area contributed by atoms with Crippen LogP contribution in [0.15, 0.2) is 34.8 Å². The lowest BCUT2D eigenvalue weighted by atomic mass is 10.1. The van der Waals surface area contributed by atoms with Crippen LogP contribution in [-0.2, 0) is 24.4 Å². The van der Waals surface area contributed by atoms with Crippen molar-refractivity contribution in [1.82, 2.24) is 4.98 Å². The Balaban J connectivity index is 2.07. The van der Waals surface area contributed by atoms with Crippen molar-refractivity contribution in [3.05, 3.63) is 57.2 Å². The minimum atomic E-state index is 0.491. The highest BCUT2D eigenvalue weighted by molar-refractivity contribution is 9.10. The van der Waals surface area contributed by atoms with Gasteiger partial charge in [-0.1, -0.05) is 41.1 Å². The van der Waals surface area contributed by atoms with Crippen molar-refractivity contribution in [1.29, 1.82) is 0 Å². The highest BCUT2D eigenvalue weighted by atomic mass is 79.9. The van der Waals surface area contributed by atoms with E-state index in [0.29, 0.717) is 19.1 Å². The van der Waals surface area contributed by atoms with Crippen LogP contribution in [0.25, 0.3) is 0 Å². The van der Waals surface area contributed by atoms with Gasteiger partial charge in [-0.05, 0) is 36.6 Å². The van der Waals surface area contributed by atoms with Crippen molar-refractivity contribution >= 4 is 15.9 Å². The summed E-state index contributed by atoms with van der Waals surface area (Å²) in [4.78, 5) is 4.49. The Bertz CT molecular complexity index is 614. The van der Waals surface area contributed by atoms with Crippen LogP contribution < -0.4 is 4.74 Å². The van der Waals surface area contributed by atoms with Gasteiger partial charge in [0, 0.05) is 15.7 Å². The number of nitrogens with zero attached hydrogens (tertiary/aromatic N) is 1. The topological polar surface area (TPSA) is 31.4 Å². The van der Waals surface area contributed by atoms with Gasteiger partial charge in [0.05, 0.1) is 20.3 Å². The van der Waals surface area contributed by atoms with Crippen LogP contribution in [0.3, 0.4) is 0 Å². The van der Waals surface area contributed by atoms with E-state index >= 15 is 0 Å². The van der Waals surface area contributed by atoms with Gasteiger partial charge in [-0.15, -0.1) is 0 Å². The largest absolute Gasteiger partial charge is 0.481 e. The third-order valence-electron chi connectivity index (χ3n) is 3.40. The number of pyridine rings is 1. The van der Waals surface area contributed by atoms with Gasteiger partial charge >= 0.3 is 0 Å². The Hall–Kier alpha value is -1.39. The van der Waals surface area contributed by atoms with Crippen LogP contribution in [-0.4, -0.2) is 12.1 Å². The first kappa shape index (κ1) is 16.0. The van der Waals surface area contributed by atoms with E-state index in [-0.39, 0.29) is 0 Å². The van der Waals surface area contributed by atoms with Crippen molar-refractivity contribution < 1.29 is 9.47 Å². The summed E-state index contributed by atoms with van der Waals surface area (Å²) in [6, 6.07) is 10.2. The minimum Gasteiger partial charge on any atom is -0.481 e. The molecule has 0 aliphatic heterocycles. The van der Waals surface area contributed by atoms with Crippen LogP contribution in [0.1, 0.15) is 29.3 Å². The van der Waals surface area contributed by atoms with Crippen molar-refractivity contribution in [3.8, 4) is 5.88 Å². The molecule has 0 saturated carbocycles. The summed E-state index contributed by atoms with van der Waals surface area (Å²) in [7, 11) is 1.64. The molecule has 112 valence electrons. The van der Waals surface area contributed by atoms with Crippen molar-refractivity contribution in [2.45, 2.75) is 33.5 Å². The molecule has 2 rings (SSSR count). The maximum Gasteiger partial charge on any atom is 0.218 e. The van der Waals surface area contributed by atoms with Crippen LogP contribution in [0.2, 0.25) is 0 Å². The molecule has 0 spiro atoms. The fourth-order valence-corrected chi connectivity index (χ4v) is 2.60. The summed E-state index contributed by atoms with van der Waals surface area (Å²) in [6.45, 7) is 5.18. The number of benzene rings is 1. The molecule has 0 unspecified atom stereocenters. The Morgan fingerprint density at radius 1 is 1.10 bits per heavy atom. The number of aromatic nitrogens is 1. The van der Waals surface area contributed by atoms with E-state index in [1.807, 2.05) is 31.2 Å². The third kappa shape index (κ3) is 4.05. The maximum absolute atomic E-state index is 5.82. The number of halogens is 1. The molecular formula is C17H20BrNO2. The molecule has 0 saturated heterocycles. The molecule has 0 N–H and O–H groups in total. The van der Waals surface area contributed by atoms with E-state index in [0.717, 1.165) is 27.7 Å². The molecule has 0 radical (unpaired) electrons. The Labute approximate surface area is 134 Å².